The van der Waals surface area contributed by atoms with Crippen molar-refractivity contribution in [1.29, 1.82) is 5.26 Å². The third-order valence-corrected chi connectivity index (χ3v) is 6.06. The lowest BCUT2D eigenvalue weighted by Crippen LogP contribution is -2.42. The standard InChI is InChI=1S/C22H20FN7O/c23-14-2-4-15(5-3-14)26-17-7-8-25-10-16(17)18-9-19(29-28-18)22(31)27-21-13-1-6-20(21)30(11-13)12-24/h2-5,7-10,13,20-21H,1,6,11H2,(H,25,26)(H,27,31)(H,28,29)/t13?,20?,21-/m1/s1. The zero-order valence-corrected chi connectivity index (χ0v) is 16.5. The third-order valence-electron chi connectivity index (χ3n) is 6.06. The summed E-state index contributed by atoms with van der Waals surface area (Å²) in [6, 6.07) is 9.57. The number of aromatic amines is 1. The lowest BCUT2D eigenvalue weighted by molar-refractivity contribution is 0.0924. The smallest absolute Gasteiger partial charge is 0.272 e. The van der Waals surface area contributed by atoms with Crippen LogP contribution in [0.15, 0.2) is 48.8 Å². The van der Waals surface area contributed by atoms with Crippen LogP contribution in [0.4, 0.5) is 15.8 Å². The van der Waals surface area contributed by atoms with Crippen molar-refractivity contribution in [3.8, 4) is 17.5 Å². The summed E-state index contributed by atoms with van der Waals surface area (Å²) in [4.78, 5) is 18.7. The van der Waals surface area contributed by atoms with E-state index in [0.717, 1.165) is 29.8 Å². The third kappa shape index (κ3) is 3.57. The number of hydrogen-bond acceptors (Lipinski definition) is 6. The Labute approximate surface area is 178 Å². The molecule has 2 aliphatic rings. The van der Waals surface area contributed by atoms with Gasteiger partial charge in [0.1, 0.15) is 5.82 Å². The molecular formula is C22H20FN7O. The molecule has 2 aromatic heterocycles. The Bertz CT molecular complexity index is 1150. The summed E-state index contributed by atoms with van der Waals surface area (Å²) < 4.78 is 13.2. The number of piperidine rings is 1. The molecule has 2 fully saturated rings. The molecule has 1 amide bonds. The molecule has 3 aromatic rings. The number of anilines is 2. The largest absolute Gasteiger partial charge is 0.355 e. The van der Waals surface area contributed by atoms with Gasteiger partial charge in [-0.05, 0) is 55.2 Å². The highest BCUT2D eigenvalue weighted by Gasteiger charge is 2.47. The van der Waals surface area contributed by atoms with Crippen molar-refractivity contribution in [2.45, 2.75) is 24.9 Å². The van der Waals surface area contributed by atoms with Crippen molar-refractivity contribution >= 4 is 17.3 Å². The van der Waals surface area contributed by atoms with E-state index < -0.39 is 0 Å². The maximum Gasteiger partial charge on any atom is 0.272 e. The fourth-order valence-corrected chi connectivity index (χ4v) is 4.54. The molecule has 2 bridgehead atoms. The van der Waals surface area contributed by atoms with Crippen LogP contribution < -0.4 is 10.6 Å². The van der Waals surface area contributed by atoms with Crippen LogP contribution in [0.5, 0.6) is 0 Å². The first-order chi connectivity index (χ1) is 15.1. The molecule has 1 aliphatic heterocycles. The molecule has 5 rings (SSSR count). The Kier molecular flexibility index (Phi) is 4.75. The van der Waals surface area contributed by atoms with Gasteiger partial charge in [-0.3, -0.25) is 14.9 Å². The lowest BCUT2D eigenvalue weighted by Gasteiger charge is -2.21. The number of fused-ring (bicyclic) bond motifs is 2. The van der Waals surface area contributed by atoms with Gasteiger partial charge in [0.25, 0.3) is 5.91 Å². The molecule has 0 spiro atoms. The Morgan fingerprint density at radius 2 is 2.10 bits per heavy atom. The van der Waals surface area contributed by atoms with Crippen molar-refractivity contribution in [2.75, 3.05) is 11.9 Å². The molecule has 8 nitrogen and oxygen atoms in total. The Balaban J connectivity index is 1.34. The van der Waals surface area contributed by atoms with Crippen molar-refractivity contribution in [1.82, 2.24) is 25.4 Å². The molecule has 1 aliphatic carbocycles. The number of carbonyl (C=O) groups excluding carboxylic acids is 1. The van der Waals surface area contributed by atoms with Gasteiger partial charge in [-0.1, -0.05) is 0 Å². The number of H-pyrrole nitrogens is 1. The van der Waals surface area contributed by atoms with Crippen molar-refractivity contribution in [3.05, 3.63) is 60.3 Å². The van der Waals surface area contributed by atoms with Gasteiger partial charge < -0.3 is 15.5 Å². The Morgan fingerprint density at radius 1 is 1.26 bits per heavy atom. The van der Waals surface area contributed by atoms with Gasteiger partial charge in [0.2, 0.25) is 0 Å². The van der Waals surface area contributed by atoms with E-state index in [2.05, 4.69) is 32.0 Å². The number of carbonyl (C=O) groups is 1. The zero-order chi connectivity index (χ0) is 21.4. The predicted octanol–water partition coefficient (Wildman–Crippen LogP) is 3.03. The van der Waals surface area contributed by atoms with E-state index in [0.29, 0.717) is 18.2 Å². The van der Waals surface area contributed by atoms with E-state index in [1.54, 1.807) is 41.6 Å². The van der Waals surface area contributed by atoms with Gasteiger partial charge >= 0.3 is 0 Å². The van der Waals surface area contributed by atoms with Crippen LogP contribution in [-0.4, -0.2) is 44.6 Å². The fraction of sp³-hybridized carbons (Fsp3) is 0.273. The number of nitrogens with one attached hydrogen (secondary N) is 3. The number of nitrogens with zero attached hydrogens (tertiary/aromatic N) is 4. The molecule has 1 aromatic carbocycles. The van der Waals surface area contributed by atoms with Crippen molar-refractivity contribution in [3.63, 3.8) is 0 Å². The molecule has 2 unspecified atom stereocenters. The summed E-state index contributed by atoms with van der Waals surface area (Å²) >= 11 is 0. The molecule has 31 heavy (non-hydrogen) atoms. The molecule has 0 radical (unpaired) electrons. The molecule has 3 atom stereocenters. The molecule has 3 N–H and O–H groups in total. The summed E-state index contributed by atoms with van der Waals surface area (Å²) in [5.74, 6) is -0.267. The molecule has 9 heteroatoms. The van der Waals surface area contributed by atoms with E-state index in [9.17, 15) is 14.4 Å². The first-order valence-corrected chi connectivity index (χ1v) is 10.1. The quantitative estimate of drug-likeness (QED) is 0.551. The van der Waals surface area contributed by atoms with Gasteiger partial charge in [-0.25, -0.2) is 4.39 Å². The van der Waals surface area contributed by atoms with Crippen molar-refractivity contribution in [2.24, 2.45) is 5.92 Å². The van der Waals surface area contributed by atoms with E-state index >= 15 is 0 Å². The summed E-state index contributed by atoms with van der Waals surface area (Å²) in [7, 11) is 0. The maximum atomic E-state index is 13.2. The molecule has 3 heterocycles. The Hall–Kier alpha value is -3.93. The van der Waals surface area contributed by atoms with E-state index in [1.807, 2.05) is 0 Å². The number of amides is 1. The van der Waals surface area contributed by atoms with Crippen LogP contribution in [0.2, 0.25) is 0 Å². The SMILES string of the molecule is N#CN1CC2CCC1[C@@H]2NC(=O)c1cc(-c2cnccc2Nc2ccc(F)cc2)[nH]n1. The number of pyridine rings is 1. The summed E-state index contributed by atoms with van der Waals surface area (Å²) in [5, 5.41) is 22.6. The minimum Gasteiger partial charge on any atom is -0.355 e. The monoisotopic (exact) mass is 417 g/mol. The number of rotatable bonds is 5. The maximum absolute atomic E-state index is 13.2. The van der Waals surface area contributed by atoms with Crippen molar-refractivity contribution < 1.29 is 9.18 Å². The van der Waals surface area contributed by atoms with Gasteiger partial charge in [-0.15, -0.1) is 0 Å². The summed E-state index contributed by atoms with van der Waals surface area (Å²) in [5.41, 5.74) is 3.12. The Morgan fingerprint density at radius 3 is 2.87 bits per heavy atom. The number of likely N-dealkylation sites (tertiary alicyclic amines) is 1. The number of nitriles is 1. The highest BCUT2D eigenvalue weighted by molar-refractivity contribution is 5.94. The fourth-order valence-electron chi connectivity index (χ4n) is 4.54. The first-order valence-electron chi connectivity index (χ1n) is 10.1. The molecular weight excluding hydrogens is 397 g/mol. The second kappa shape index (κ2) is 7.72. The van der Waals surface area contributed by atoms with Gasteiger partial charge in [-0.2, -0.15) is 10.4 Å². The van der Waals surface area contributed by atoms with E-state index in [1.165, 1.54) is 12.1 Å². The zero-order valence-electron chi connectivity index (χ0n) is 16.5. The van der Waals surface area contributed by atoms with Gasteiger partial charge in [0.05, 0.1) is 23.5 Å². The number of benzene rings is 1. The van der Waals surface area contributed by atoms with E-state index in [4.69, 9.17) is 0 Å². The second-order valence-electron chi connectivity index (χ2n) is 7.88. The lowest BCUT2D eigenvalue weighted by atomic mass is 10.1. The molecule has 1 saturated carbocycles. The highest BCUT2D eigenvalue weighted by atomic mass is 19.1. The topological polar surface area (TPSA) is 110 Å². The summed E-state index contributed by atoms with van der Waals surface area (Å²) in [6.07, 6.45) is 7.48. The highest BCUT2D eigenvalue weighted by Crippen LogP contribution is 2.37. The minimum atomic E-state index is -0.307. The van der Waals surface area contributed by atoms with Gasteiger partial charge in [0, 0.05) is 30.2 Å². The number of halogens is 1. The van der Waals surface area contributed by atoms with Crippen LogP contribution in [0.3, 0.4) is 0 Å². The van der Waals surface area contributed by atoms with Gasteiger partial charge in [0.15, 0.2) is 11.9 Å². The second-order valence-corrected chi connectivity index (χ2v) is 7.88. The first kappa shape index (κ1) is 19.1. The van der Waals surface area contributed by atoms with Crippen LogP contribution in [0.25, 0.3) is 11.3 Å². The molecule has 156 valence electrons. The average Bonchev–Trinajstić information content (AvgIpc) is 3.51. The van der Waals surface area contributed by atoms with Crippen LogP contribution in [0.1, 0.15) is 23.3 Å². The number of aromatic nitrogens is 3. The summed E-state index contributed by atoms with van der Waals surface area (Å²) in [6.45, 7) is 0.700. The van der Waals surface area contributed by atoms with Crippen LogP contribution in [-0.2, 0) is 0 Å². The van der Waals surface area contributed by atoms with Crippen LogP contribution in [0, 0.1) is 23.2 Å². The normalized spacial score (nSPS) is 21.7. The average molecular weight is 417 g/mol. The van der Waals surface area contributed by atoms with E-state index in [-0.39, 0.29) is 29.5 Å². The molecule has 1 saturated heterocycles. The van der Waals surface area contributed by atoms with Crippen LogP contribution >= 0.6 is 0 Å². The predicted molar refractivity (Wildman–Crippen MR) is 112 cm³/mol. The minimum absolute atomic E-state index is 0.0265. The number of hydrogen-bond donors (Lipinski definition) is 3.